The maximum Gasteiger partial charge on any atom is 0.229 e. The number of hydrogen-bond donors (Lipinski definition) is 1. The van der Waals surface area contributed by atoms with Crippen LogP contribution in [0, 0.1) is 6.92 Å². The summed E-state index contributed by atoms with van der Waals surface area (Å²) in [5, 5.41) is 7.62. The molecular weight excluding hydrogens is 311 g/mol. The van der Waals surface area contributed by atoms with E-state index in [1.165, 1.54) is 0 Å². The van der Waals surface area contributed by atoms with E-state index in [2.05, 4.69) is 25.4 Å². The number of aromatic nitrogens is 6. The number of aryl methyl sites for hydroxylation is 3. The van der Waals surface area contributed by atoms with Crippen molar-refractivity contribution in [3.05, 3.63) is 18.2 Å². The molecule has 3 aromatic heterocycles. The molecular formula is C15H19FN8. The highest BCUT2D eigenvalue weighted by atomic mass is 19.1. The summed E-state index contributed by atoms with van der Waals surface area (Å²) >= 11 is 0. The standard InChI is InChI=1S/C15H19FN8/c1-9-11(7-23(3)21-9)18-13-12-14(22(2)8-17-12)20-15(19-13)24-5-4-10(16)6-24/h7-8,10H,4-6H2,1-3H3,(H,18,19,20). The Kier molecular flexibility index (Phi) is 3.36. The zero-order chi connectivity index (χ0) is 16.8. The summed E-state index contributed by atoms with van der Waals surface area (Å²) in [6, 6.07) is 0. The lowest BCUT2D eigenvalue weighted by Crippen LogP contribution is -2.23. The van der Waals surface area contributed by atoms with Crippen LogP contribution in [-0.2, 0) is 14.1 Å². The van der Waals surface area contributed by atoms with Gasteiger partial charge in [0.25, 0.3) is 0 Å². The number of nitrogens with zero attached hydrogens (tertiary/aromatic N) is 7. The van der Waals surface area contributed by atoms with Crippen LogP contribution >= 0.6 is 0 Å². The molecule has 4 heterocycles. The topological polar surface area (TPSA) is 76.7 Å². The molecule has 0 spiro atoms. The molecule has 9 heteroatoms. The van der Waals surface area contributed by atoms with E-state index in [1.807, 2.05) is 36.7 Å². The number of nitrogens with one attached hydrogen (secondary N) is 1. The SMILES string of the molecule is Cc1nn(C)cc1Nc1nc(N2CCC(F)C2)nc2c1ncn2C. The Bertz CT molecular complexity index is 898. The number of alkyl halides is 1. The summed E-state index contributed by atoms with van der Waals surface area (Å²) in [7, 11) is 3.75. The third-order valence-electron chi connectivity index (χ3n) is 4.23. The molecule has 0 bridgehead atoms. The number of anilines is 3. The second-order valence-electron chi connectivity index (χ2n) is 6.16. The number of fused-ring (bicyclic) bond motifs is 1. The van der Waals surface area contributed by atoms with Crippen molar-refractivity contribution in [1.29, 1.82) is 0 Å². The highest BCUT2D eigenvalue weighted by Gasteiger charge is 2.25. The van der Waals surface area contributed by atoms with Gasteiger partial charge in [0.2, 0.25) is 5.95 Å². The minimum atomic E-state index is -0.826. The van der Waals surface area contributed by atoms with E-state index < -0.39 is 6.17 Å². The van der Waals surface area contributed by atoms with Crippen molar-refractivity contribution >= 4 is 28.6 Å². The van der Waals surface area contributed by atoms with E-state index in [-0.39, 0.29) is 0 Å². The van der Waals surface area contributed by atoms with Crippen molar-refractivity contribution < 1.29 is 4.39 Å². The maximum absolute atomic E-state index is 13.6. The van der Waals surface area contributed by atoms with Crippen LogP contribution < -0.4 is 10.2 Å². The third-order valence-corrected chi connectivity index (χ3v) is 4.23. The summed E-state index contributed by atoms with van der Waals surface area (Å²) in [5.74, 6) is 1.13. The van der Waals surface area contributed by atoms with Crippen molar-refractivity contribution in [1.82, 2.24) is 29.3 Å². The second-order valence-corrected chi connectivity index (χ2v) is 6.16. The van der Waals surface area contributed by atoms with Gasteiger partial charge in [-0.3, -0.25) is 4.68 Å². The molecule has 1 saturated heterocycles. The van der Waals surface area contributed by atoms with Gasteiger partial charge in [0.1, 0.15) is 6.17 Å². The predicted molar refractivity (Wildman–Crippen MR) is 89.3 cm³/mol. The monoisotopic (exact) mass is 330 g/mol. The van der Waals surface area contributed by atoms with Gasteiger partial charge in [-0.15, -0.1) is 0 Å². The molecule has 3 aromatic rings. The Morgan fingerprint density at radius 3 is 2.79 bits per heavy atom. The van der Waals surface area contributed by atoms with Gasteiger partial charge in [-0.2, -0.15) is 15.1 Å². The molecule has 1 N–H and O–H groups in total. The lowest BCUT2D eigenvalue weighted by atomic mass is 10.3. The first-order valence-electron chi connectivity index (χ1n) is 7.86. The van der Waals surface area contributed by atoms with E-state index in [9.17, 15) is 4.39 Å². The van der Waals surface area contributed by atoms with Gasteiger partial charge in [-0.05, 0) is 13.3 Å². The van der Waals surface area contributed by atoms with Gasteiger partial charge in [0.05, 0.1) is 24.3 Å². The van der Waals surface area contributed by atoms with Gasteiger partial charge in [-0.1, -0.05) is 0 Å². The summed E-state index contributed by atoms with van der Waals surface area (Å²) in [6.45, 7) is 2.87. The molecule has 0 saturated carbocycles. The molecule has 1 atom stereocenters. The first-order valence-corrected chi connectivity index (χ1v) is 7.86. The van der Waals surface area contributed by atoms with E-state index in [1.54, 1.807) is 11.0 Å². The Labute approximate surface area is 138 Å². The third kappa shape index (κ3) is 2.45. The molecule has 1 unspecified atom stereocenters. The summed E-state index contributed by atoms with van der Waals surface area (Å²) in [5.41, 5.74) is 3.12. The molecule has 0 aliphatic carbocycles. The van der Waals surface area contributed by atoms with Crippen LogP contribution in [0.5, 0.6) is 0 Å². The smallest absolute Gasteiger partial charge is 0.229 e. The predicted octanol–water partition coefficient (Wildman–Crippen LogP) is 1.70. The molecule has 1 aliphatic heterocycles. The van der Waals surface area contributed by atoms with Crippen molar-refractivity contribution in [2.75, 3.05) is 23.3 Å². The highest BCUT2D eigenvalue weighted by molar-refractivity contribution is 5.86. The van der Waals surface area contributed by atoms with Gasteiger partial charge in [0, 0.05) is 26.8 Å². The average Bonchev–Trinajstić information content (AvgIpc) is 3.21. The van der Waals surface area contributed by atoms with Gasteiger partial charge in [0.15, 0.2) is 17.0 Å². The number of rotatable bonds is 3. The van der Waals surface area contributed by atoms with Gasteiger partial charge in [-0.25, -0.2) is 9.37 Å². The van der Waals surface area contributed by atoms with E-state index in [0.717, 1.165) is 11.4 Å². The van der Waals surface area contributed by atoms with Crippen LogP contribution in [-0.4, -0.2) is 48.6 Å². The lowest BCUT2D eigenvalue weighted by Gasteiger charge is -2.16. The lowest BCUT2D eigenvalue weighted by molar-refractivity contribution is 0.364. The van der Waals surface area contributed by atoms with Crippen molar-refractivity contribution in [3.8, 4) is 0 Å². The fourth-order valence-corrected chi connectivity index (χ4v) is 2.97. The Morgan fingerprint density at radius 1 is 1.29 bits per heavy atom. The van der Waals surface area contributed by atoms with Crippen LogP contribution in [0.3, 0.4) is 0 Å². The molecule has 1 aliphatic rings. The molecule has 0 aromatic carbocycles. The minimum Gasteiger partial charge on any atom is -0.338 e. The highest BCUT2D eigenvalue weighted by Crippen LogP contribution is 2.27. The quantitative estimate of drug-likeness (QED) is 0.788. The Balaban J connectivity index is 1.79. The summed E-state index contributed by atoms with van der Waals surface area (Å²) in [4.78, 5) is 15.4. The van der Waals surface area contributed by atoms with Crippen LogP contribution in [0.25, 0.3) is 11.2 Å². The second kappa shape index (κ2) is 5.43. The summed E-state index contributed by atoms with van der Waals surface area (Å²) in [6.07, 6.45) is 3.27. The molecule has 0 radical (unpaired) electrons. The van der Waals surface area contributed by atoms with Gasteiger partial charge < -0.3 is 14.8 Å². The first-order chi connectivity index (χ1) is 11.5. The van der Waals surface area contributed by atoms with E-state index in [0.29, 0.717) is 42.4 Å². The fraction of sp³-hybridized carbons (Fsp3) is 0.467. The molecule has 4 rings (SSSR count). The molecule has 1 fully saturated rings. The number of hydrogen-bond acceptors (Lipinski definition) is 6. The molecule has 126 valence electrons. The summed E-state index contributed by atoms with van der Waals surface area (Å²) < 4.78 is 17.1. The number of imidazole rings is 1. The zero-order valence-corrected chi connectivity index (χ0v) is 13.9. The fourth-order valence-electron chi connectivity index (χ4n) is 2.97. The van der Waals surface area contributed by atoms with Crippen LogP contribution in [0.15, 0.2) is 12.5 Å². The van der Waals surface area contributed by atoms with E-state index in [4.69, 9.17) is 0 Å². The normalized spacial score (nSPS) is 17.8. The van der Waals surface area contributed by atoms with Crippen LogP contribution in [0.1, 0.15) is 12.1 Å². The van der Waals surface area contributed by atoms with E-state index >= 15 is 0 Å². The maximum atomic E-state index is 13.6. The number of halogens is 1. The Hall–Kier alpha value is -2.71. The van der Waals surface area contributed by atoms with Crippen molar-refractivity contribution in [2.45, 2.75) is 19.5 Å². The van der Waals surface area contributed by atoms with Crippen molar-refractivity contribution in [3.63, 3.8) is 0 Å². The molecule has 24 heavy (non-hydrogen) atoms. The Morgan fingerprint density at radius 2 is 2.12 bits per heavy atom. The first kappa shape index (κ1) is 14.9. The van der Waals surface area contributed by atoms with Crippen LogP contribution in [0.2, 0.25) is 0 Å². The van der Waals surface area contributed by atoms with Crippen molar-refractivity contribution in [2.24, 2.45) is 14.1 Å². The van der Waals surface area contributed by atoms with Crippen LogP contribution in [0.4, 0.5) is 21.8 Å². The molecule has 8 nitrogen and oxygen atoms in total. The van der Waals surface area contributed by atoms with Gasteiger partial charge >= 0.3 is 0 Å². The molecule has 0 amide bonds. The zero-order valence-electron chi connectivity index (χ0n) is 13.9. The average molecular weight is 330 g/mol. The largest absolute Gasteiger partial charge is 0.338 e. The minimum absolute atomic E-state index is 0.328.